The summed E-state index contributed by atoms with van der Waals surface area (Å²) in [6.07, 6.45) is 12.4. The Morgan fingerprint density at radius 1 is 1.28 bits per heavy atom. The average Bonchev–Trinajstić information content (AvgIpc) is 2.58. The summed E-state index contributed by atoms with van der Waals surface area (Å²) in [7, 11) is 0. The molecule has 2 atom stereocenters. The van der Waals surface area contributed by atoms with Gasteiger partial charge in [0, 0.05) is 0 Å². The predicted octanol–water partition coefficient (Wildman–Crippen LogP) is 0.187. The monoisotopic (exact) mass is 350 g/mol. The molecule has 1 aliphatic carbocycles. The van der Waals surface area contributed by atoms with Gasteiger partial charge in [-0.15, -0.1) is 0 Å². The van der Waals surface area contributed by atoms with Crippen LogP contribution in [0.2, 0.25) is 0 Å². The molecule has 1 aromatic carbocycles. The molecule has 4 heteroatoms. The SMILES string of the molecule is O=C([O-])/C=C1/CCC[C@H](/C=C/C(O)CCCCc2ccccc2)C1.[Na+]. The van der Waals surface area contributed by atoms with Crippen molar-refractivity contribution >= 4 is 5.97 Å². The number of aliphatic hydroxyl groups excluding tert-OH is 1. The van der Waals surface area contributed by atoms with Crippen molar-refractivity contribution < 1.29 is 44.6 Å². The van der Waals surface area contributed by atoms with E-state index in [0.717, 1.165) is 56.9 Å². The van der Waals surface area contributed by atoms with Crippen LogP contribution in [0, 0.1) is 5.92 Å². The summed E-state index contributed by atoms with van der Waals surface area (Å²) < 4.78 is 0. The molecule has 1 aromatic rings. The summed E-state index contributed by atoms with van der Waals surface area (Å²) >= 11 is 0. The normalized spacial score (nSPS) is 20.4. The third-order valence-electron chi connectivity index (χ3n) is 4.58. The maximum atomic E-state index is 10.6. The molecule has 1 saturated carbocycles. The molecule has 0 radical (unpaired) electrons. The number of carboxylic acid groups (broad SMARTS) is 1. The number of hydrogen-bond donors (Lipinski definition) is 1. The van der Waals surface area contributed by atoms with E-state index in [1.54, 1.807) is 0 Å². The maximum Gasteiger partial charge on any atom is 1.00 e. The number of carboxylic acids is 1. The molecule has 2 rings (SSSR count). The number of carbonyl (C=O) groups excluding carboxylic acids is 1. The second-order valence-electron chi connectivity index (χ2n) is 6.66. The number of aliphatic hydroxyl groups is 1. The van der Waals surface area contributed by atoms with E-state index in [1.165, 1.54) is 11.6 Å². The number of hydrogen-bond acceptors (Lipinski definition) is 3. The summed E-state index contributed by atoms with van der Waals surface area (Å²) in [6, 6.07) is 10.4. The van der Waals surface area contributed by atoms with Gasteiger partial charge >= 0.3 is 29.6 Å². The van der Waals surface area contributed by atoms with Gasteiger partial charge in [0.05, 0.1) is 12.1 Å². The van der Waals surface area contributed by atoms with Crippen LogP contribution in [0.4, 0.5) is 0 Å². The number of rotatable bonds is 8. The Bertz CT molecular complexity index is 566. The molecule has 25 heavy (non-hydrogen) atoms. The molecule has 1 aliphatic rings. The fourth-order valence-corrected chi connectivity index (χ4v) is 3.30. The predicted molar refractivity (Wildman–Crippen MR) is 94.2 cm³/mol. The Hall–Kier alpha value is -0.870. The van der Waals surface area contributed by atoms with Crippen molar-refractivity contribution in [3.8, 4) is 0 Å². The summed E-state index contributed by atoms with van der Waals surface area (Å²) in [4.78, 5) is 10.6. The van der Waals surface area contributed by atoms with Gasteiger partial charge < -0.3 is 15.0 Å². The van der Waals surface area contributed by atoms with E-state index in [-0.39, 0.29) is 29.6 Å². The molecule has 1 unspecified atom stereocenters. The molecule has 0 bridgehead atoms. The summed E-state index contributed by atoms with van der Waals surface area (Å²) in [6.45, 7) is 0. The number of unbranched alkanes of at least 4 members (excludes halogenated alkanes) is 1. The van der Waals surface area contributed by atoms with Gasteiger partial charge in [-0.3, -0.25) is 0 Å². The molecular weight excluding hydrogens is 323 g/mol. The summed E-state index contributed by atoms with van der Waals surface area (Å²) in [5.41, 5.74) is 2.30. The number of benzene rings is 1. The minimum atomic E-state index is -1.10. The molecule has 0 aromatic heterocycles. The van der Waals surface area contributed by atoms with Gasteiger partial charge in [0.25, 0.3) is 0 Å². The standard InChI is InChI=1S/C21H28O3.Na/c22-20(12-5-4-9-17-7-2-1-3-8-17)14-13-18-10-6-11-19(15-18)16-21(23)24;/h1-3,7-8,13-14,16,18,20,22H,4-6,9-12,15H2,(H,23,24);/q;+1/p-1/b14-13+,19-16-;/t18-,20?;/m1./s1. The molecule has 0 spiro atoms. The fourth-order valence-electron chi connectivity index (χ4n) is 3.30. The van der Waals surface area contributed by atoms with E-state index in [2.05, 4.69) is 30.3 Å². The van der Waals surface area contributed by atoms with Crippen LogP contribution in [0.25, 0.3) is 0 Å². The van der Waals surface area contributed by atoms with Crippen molar-refractivity contribution in [1.29, 1.82) is 0 Å². The maximum absolute atomic E-state index is 10.6. The van der Waals surface area contributed by atoms with Crippen LogP contribution in [0.5, 0.6) is 0 Å². The van der Waals surface area contributed by atoms with Gasteiger partial charge in [-0.2, -0.15) is 0 Å². The van der Waals surface area contributed by atoms with Gasteiger partial charge in [0.2, 0.25) is 0 Å². The Labute approximate surface area is 173 Å². The first-order chi connectivity index (χ1) is 11.6. The molecule has 130 valence electrons. The number of aliphatic carboxylic acids is 1. The van der Waals surface area contributed by atoms with Crippen LogP contribution in [-0.2, 0) is 11.2 Å². The Morgan fingerprint density at radius 2 is 2.04 bits per heavy atom. The molecule has 0 aliphatic heterocycles. The number of carbonyl (C=O) groups is 1. The van der Waals surface area contributed by atoms with Crippen molar-refractivity contribution in [1.82, 2.24) is 0 Å². The number of aryl methyl sites for hydroxylation is 1. The van der Waals surface area contributed by atoms with Crippen LogP contribution in [0.15, 0.2) is 54.1 Å². The molecule has 0 heterocycles. The van der Waals surface area contributed by atoms with Crippen molar-refractivity contribution in [2.24, 2.45) is 5.92 Å². The molecule has 0 saturated heterocycles. The van der Waals surface area contributed by atoms with Gasteiger partial charge in [-0.1, -0.05) is 54.5 Å². The second kappa shape index (κ2) is 12.5. The first-order valence-electron chi connectivity index (χ1n) is 8.94. The molecular formula is C21H27NaO3. The molecule has 1 N–H and O–H groups in total. The van der Waals surface area contributed by atoms with Crippen LogP contribution in [0.1, 0.15) is 50.5 Å². The molecule has 3 nitrogen and oxygen atoms in total. The third-order valence-corrected chi connectivity index (χ3v) is 4.58. The van der Waals surface area contributed by atoms with Crippen LogP contribution >= 0.6 is 0 Å². The van der Waals surface area contributed by atoms with Gasteiger partial charge in [0.1, 0.15) is 0 Å². The smallest absolute Gasteiger partial charge is 0.545 e. The third kappa shape index (κ3) is 9.41. The van der Waals surface area contributed by atoms with E-state index >= 15 is 0 Å². The quantitative estimate of drug-likeness (QED) is 0.315. The van der Waals surface area contributed by atoms with E-state index in [4.69, 9.17) is 0 Å². The first-order valence-corrected chi connectivity index (χ1v) is 8.94. The minimum Gasteiger partial charge on any atom is -0.545 e. The van der Waals surface area contributed by atoms with Gasteiger partial charge in [-0.25, -0.2) is 0 Å². The van der Waals surface area contributed by atoms with Crippen molar-refractivity contribution in [3.05, 3.63) is 59.7 Å². The second-order valence-corrected chi connectivity index (χ2v) is 6.66. The molecule has 0 amide bonds. The van der Waals surface area contributed by atoms with E-state index < -0.39 is 12.1 Å². The first kappa shape index (κ1) is 22.2. The van der Waals surface area contributed by atoms with Crippen molar-refractivity contribution in [2.75, 3.05) is 0 Å². The average molecular weight is 350 g/mol. The van der Waals surface area contributed by atoms with Crippen molar-refractivity contribution in [3.63, 3.8) is 0 Å². The summed E-state index contributed by atoms with van der Waals surface area (Å²) in [5.74, 6) is -0.767. The largest absolute Gasteiger partial charge is 1.00 e. The van der Waals surface area contributed by atoms with E-state index in [1.807, 2.05) is 12.1 Å². The van der Waals surface area contributed by atoms with Crippen LogP contribution < -0.4 is 34.7 Å². The Balaban J connectivity index is 0.00000312. The van der Waals surface area contributed by atoms with Crippen LogP contribution in [0.3, 0.4) is 0 Å². The van der Waals surface area contributed by atoms with E-state index in [9.17, 15) is 15.0 Å². The zero-order valence-corrected chi connectivity index (χ0v) is 17.2. The topological polar surface area (TPSA) is 60.4 Å². The zero-order valence-electron chi connectivity index (χ0n) is 15.2. The molecule has 1 fully saturated rings. The fraction of sp³-hybridized carbons (Fsp3) is 0.476. The Kier molecular flexibility index (Phi) is 11.1. The zero-order chi connectivity index (χ0) is 17.2. The van der Waals surface area contributed by atoms with Crippen molar-refractivity contribution in [2.45, 2.75) is 57.5 Å². The Morgan fingerprint density at radius 3 is 2.76 bits per heavy atom. The number of allylic oxidation sites excluding steroid dienone is 2. The van der Waals surface area contributed by atoms with Gasteiger partial charge in [-0.05, 0) is 62.5 Å². The summed E-state index contributed by atoms with van der Waals surface area (Å²) in [5, 5.41) is 20.7. The van der Waals surface area contributed by atoms with Crippen LogP contribution in [-0.4, -0.2) is 17.2 Å². The van der Waals surface area contributed by atoms with E-state index in [0.29, 0.717) is 5.92 Å². The minimum absolute atomic E-state index is 0. The van der Waals surface area contributed by atoms with Gasteiger partial charge in [0.15, 0.2) is 0 Å².